The lowest BCUT2D eigenvalue weighted by Gasteiger charge is -2.29. The fraction of sp³-hybridized carbons (Fsp3) is 0.429. The number of aryl methyl sites for hydroxylation is 1. The summed E-state index contributed by atoms with van der Waals surface area (Å²) in [6.07, 6.45) is 0.511. The number of morpholine rings is 1. The SMILES string of the molecule is Cc1ccc(C(=O)CCC(=O)N(C)Cc2ccc(N3CCOCC3)cc2)s1. The van der Waals surface area contributed by atoms with Gasteiger partial charge in [0.25, 0.3) is 0 Å². The molecule has 6 heteroatoms. The normalized spacial score (nSPS) is 14.2. The molecule has 1 saturated heterocycles. The smallest absolute Gasteiger partial charge is 0.223 e. The van der Waals surface area contributed by atoms with Crippen LogP contribution in [0, 0.1) is 6.92 Å². The number of Topliss-reactive ketones (excluding diaryl/α,β-unsaturated/α-hetero) is 1. The van der Waals surface area contributed by atoms with Crippen molar-refractivity contribution in [1.29, 1.82) is 0 Å². The van der Waals surface area contributed by atoms with Gasteiger partial charge in [0, 0.05) is 50.1 Å². The van der Waals surface area contributed by atoms with Gasteiger partial charge in [-0.15, -0.1) is 11.3 Å². The first-order valence-electron chi connectivity index (χ1n) is 9.28. The fourth-order valence-corrected chi connectivity index (χ4v) is 3.95. The number of thiophene rings is 1. The third-order valence-electron chi connectivity index (χ3n) is 4.74. The van der Waals surface area contributed by atoms with Crippen molar-refractivity contribution in [2.24, 2.45) is 0 Å². The topological polar surface area (TPSA) is 49.9 Å². The van der Waals surface area contributed by atoms with Crippen LogP contribution in [0.4, 0.5) is 5.69 Å². The molecule has 0 spiro atoms. The number of ether oxygens (including phenoxy) is 1. The zero-order chi connectivity index (χ0) is 19.2. The molecule has 0 radical (unpaired) electrons. The van der Waals surface area contributed by atoms with Crippen molar-refractivity contribution < 1.29 is 14.3 Å². The first-order valence-corrected chi connectivity index (χ1v) is 10.1. The Bertz CT molecular complexity index is 779. The van der Waals surface area contributed by atoms with Crippen LogP contribution >= 0.6 is 11.3 Å². The maximum Gasteiger partial charge on any atom is 0.223 e. The largest absolute Gasteiger partial charge is 0.378 e. The first-order chi connectivity index (χ1) is 13.0. The lowest BCUT2D eigenvalue weighted by molar-refractivity contribution is -0.130. The number of carbonyl (C=O) groups excluding carboxylic acids is 2. The van der Waals surface area contributed by atoms with Crippen molar-refractivity contribution in [2.75, 3.05) is 38.3 Å². The van der Waals surface area contributed by atoms with Crippen LogP contribution in [0.3, 0.4) is 0 Å². The minimum absolute atomic E-state index is 0.00566. The first kappa shape index (κ1) is 19.6. The molecule has 1 aromatic heterocycles. The minimum Gasteiger partial charge on any atom is -0.378 e. The van der Waals surface area contributed by atoms with Crippen LogP contribution in [0.25, 0.3) is 0 Å². The van der Waals surface area contributed by atoms with Crippen LogP contribution in [-0.4, -0.2) is 49.9 Å². The maximum atomic E-state index is 12.4. The van der Waals surface area contributed by atoms with E-state index in [9.17, 15) is 9.59 Å². The number of amides is 1. The summed E-state index contributed by atoms with van der Waals surface area (Å²) in [5.41, 5.74) is 2.27. The molecule has 1 fully saturated rings. The molecule has 0 saturated carbocycles. The highest BCUT2D eigenvalue weighted by Gasteiger charge is 2.15. The summed E-state index contributed by atoms with van der Waals surface area (Å²) in [4.78, 5) is 30.4. The Morgan fingerprint density at radius 2 is 1.78 bits per heavy atom. The third kappa shape index (κ3) is 5.40. The Kier molecular flexibility index (Phi) is 6.63. The molecule has 0 bridgehead atoms. The van der Waals surface area contributed by atoms with Crippen molar-refractivity contribution in [1.82, 2.24) is 4.90 Å². The van der Waals surface area contributed by atoms with E-state index in [1.165, 1.54) is 17.0 Å². The van der Waals surface area contributed by atoms with Crippen molar-refractivity contribution in [2.45, 2.75) is 26.3 Å². The number of anilines is 1. The van der Waals surface area contributed by atoms with Crippen LogP contribution < -0.4 is 4.90 Å². The number of carbonyl (C=O) groups is 2. The van der Waals surface area contributed by atoms with E-state index >= 15 is 0 Å². The number of benzene rings is 1. The Balaban J connectivity index is 1.48. The van der Waals surface area contributed by atoms with E-state index in [2.05, 4.69) is 29.2 Å². The van der Waals surface area contributed by atoms with E-state index < -0.39 is 0 Å². The highest BCUT2D eigenvalue weighted by atomic mass is 32.1. The molecule has 1 aliphatic rings. The molecule has 1 aromatic carbocycles. The van der Waals surface area contributed by atoms with Crippen LogP contribution in [0.5, 0.6) is 0 Å². The van der Waals surface area contributed by atoms with E-state index in [1.807, 2.05) is 19.1 Å². The van der Waals surface area contributed by atoms with E-state index in [0.29, 0.717) is 6.54 Å². The summed E-state index contributed by atoms with van der Waals surface area (Å²) < 4.78 is 5.38. The van der Waals surface area contributed by atoms with E-state index in [0.717, 1.165) is 41.6 Å². The summed E-state index contributed by atoms with van der Waals surface area (Å²) in [6, 6.07) is 12.1. The summed E-state index contributed by atoms with van der Waals surface area (Å²) in [6.45, 7) is 5.88. The van der Waals surface area contributed by atoms with Gasteiger partial charge < -0.3 is 14.5 Å². The molecular weight excluding hydrogens is 360 g/mol. The quantitative estimate of drug-likeness (QED) is 0.683. The molecule has 5 nitrogen and oxygen atoms in total. The standard InChI is InChI=1S/C21H26N2O3S/c1-16-3-9-20(27-16)19(24)8-10-21(25)22(2)15-17-4-6-18(7-5-17)23-11-13-26-14-12-23/h3-7,9H,8,10-15H2,1-2H3. The number of hydrogen-bond donors (Lipinski definition) is 0. The highest BCUT2D eigenvalue weighted by molar-refractivity contribution is 7.14. The van der Waals surface area contributed by atoms with Crippen molar-refractivity contribution in [3.8, 4) is 0 Å². The maximum absolute atomic E-state index is 12.4. The lowest BCUT2D eigenvalue weighted by Crippen LogP contribution is -2.36. The Morgan fingerprint density at radius 3 is 2.41 bits per heavy atom. The monoisotopic (exact) mass is 386 g/mol. The number of nitrogens with zero attached hydrogens (tertiary/aromatic N) is 2. The Labute approximate surface area is 164 Å². The third-order valence-corrected chi connectivity index (χ3v) is 5.78. The van der Waals surface area contributed by atoms with Gasteiger partial charge in [0.1, 0.15) is 0 Å². The highest BCUT2D eigenvalue weighted by Crippen LogP contribution is 2.19. The molecule has 1 aliphatic heterocycles. The molecule has 0 atom stereocenters. The molecule has 2 heterocycles. The summed E-state index contributed by atoms with van der Waals surface area (Å²) in [7, 11) is 1.79. The second-order valence-corrected chi connectivity index (χ2v) is 8.14. The number of hydrogen-bond acceptors (Lipinski definition) is 5. The van der Waals surface area contributed by atoms with Crippen molar-refractivity contribution in [3.05, 3.63) is 51.7 Å². The summed E-state index contributed by atoms with van der Waals surface area (Å²) in [5, 5.41) is 0. The second-order valence-electron chi connectivity index (χ2n) is 6.85. The average molecular weight is 387 g/mol. The van der Waals surface area contributed by atoms with Gasteiger partial charge in [0.15, 0.2) is 5.78 Å². The predicted molar refractivity (Wildman–Crippen MR) is 109 cm³/mol. The van der Waals surface area contributed by atoms with Gasteiger partial charge in [-0.05, 0) is 36.8 Å². The predicted octanol–water partition coefficient (Wildman–Crippen LogP) is 3.51. The molecule has 2 aromatic rings. The van der Waals surface area contributed by atoms with Crippen LogP contribution in [0.1, 0.15) is 33.0 Å². The van der Waals surface area contributed by atoms with Gasteiger partial charge in [0.2, 0.25) is 5.91 Å². The van der Waals surface area contributed by atoms with E-state index in [4.69, 9.17) is 4.74 Å². The van der Waals surface area contributed by atoms with Crippen LogP contribution in [0.15, 0.2) is 36.4 Å². The van der Waals surface area contributed by atoms with Gasteiger partial charge in [-0.25, -0.2) is 0 Å². The van der Waals surface area contributed by atoms with Gasteiger partial charge >= 0.3 is 0 Å². The molecule has 1 amide bonds. The molecule has 27 heavy (non-hydrogen) atoms. The Hall–Kier alpha value is -2.18. The number of ketones is 1. The van der Waals surface area contributed by atoms with Crippen molar-refractivity contribution in [3.63, 3.8) is 0 Å². The lowest BCUT2D eigenvalue weighted by atomic mass is 10.1. The molecule has 0 N–H and O–H groups in total. The molecule has 0 aliphatic carbocycles. The van der Waals surface area contributed by atoms with Gasteiger partial charge in [-0.3, -0.25) is 9.59 Å². The summed E-state index contributed by atoms with van der Waals surface area (Å²) >= 11 is 1.49. The molecular formula is C21H26N2O3S. The average Bonchev–Trinajstić information content (AvgIpc) is 3.13. The molecule has 3 rings (SSSR count). The Morgan fingerprint density at radius 1 is 1.07 bits per heavy atom. The van der Waals surface area contributed by atoms with Gasteiger partial charge in [-0.2, -0.15) is 0 Å². The molecule has 0 unspecified atom stereocenters. The van der Waals surface area contributed by atoms with Crippen molar-refractivity contribution >= 4 is 28.7 Å². The zero-order valence-electron chi connectivity index (χ0n) is 15.9. The van der Waals surface area contributed by atoms with Crippen LogP contribution in [0.2, 0.25) is 0 Å². The second kappa shape index (κ2) is 9.15. The van der Waals surface area contributed by atoms with Gasteiger partial charge in [-0.1, -0.05) is 12.1 Å². The van der Waals surface area contributed by atoms with Gasteiger partial charge in [0.05, 0.1) is 18.1 Å². The summed E-state index contributed by atoms with van der Waals surface area (Å²) in [5.74, 6) is 0.0404. The number of rotatable bonds is 7. The molecule has 144 valence electrons. The minimum atomic E-state index is -0.00566. The zero-order valence-corrected chi connectivity index (χ0v) is 16.8. The van der Waals surface area contributed by atoms with Crippen LogP contribution in [-0.2, 0) is 16.1 Å². The fourth-order valence-electron chi connectivity index (χ4n) is 3.11. The van der Waals surface area contributed by atoms with E-state index in [-0.39, 0.29) is 24.5 Å². The van der Waals surface area contributed by atoms with E-state index in [1.54, 1.807) is 11.9 Å².